The Morgan fingerprint density at radius 3 is 2.55 bits per heavy atom. The van der Waals surface area contributed by atoms with Gasteiger partial charge >= 0.3 is 6.03 Å². The van der Waals surface area contributed by atoms with E-state index in [1.807, 2.05) is 11.9 Å². The monoisotopic (exact) mass is 282 g/mol. The van der Waals surface area contributed by atoms with E-state index in [9.17, 15) is 4.79 Å². The average molecular weight is 282 g/mol. The van der Waals surface area contributed by atoms with Crippen molar-refractivity contribution >= 4 is 6.03 Å². The van der Waals surface area contributed by atoms with Crippen molar-refractivity contribution in [1.29, 1.82) is 0 Å². The fraction of sp³-hybridized carbons (Fsp3) is 0.938. The molecule has 0 heterocycles. The lowest BCUT2D eigenvalue weighted by Gasteiger charge is -2.33. The second-order valence-electron chi connectivity index (χ2n) is 6.63. The molecule has 20 heavy (non-hydrogen) atoms. The molecular weight excluding hydrogens is 252 g/mol. The van der Waals surface area contributed by atoms with E-state index in [2.05, 4.69) is 12.2 Å². The third-order valence-corrected chi connectivity index (χ3v) is 4.65. The number of nitrogens with one attached hydrogen (secondary N) is 1. The molecule has 116 valence electrons. The topological polar surface area (TPSA) is 41.6 Å². The third kappa shape index (κ3) is 5.31. The van der Waals surface area contributed by atoms with Crippen LogP contribution in [0.2, 0.25) is 0 Å². The molecule has 0 bridgehead atoms. The van der Waals surface area contributed by atoms with Crippen LogP contribution in [0.25, 0.3) is 0 Å². The summed E-state index contributed by atoms with van der Waals surface area (Å²) in [7, 11) is 1.93. The first-order chi connectivity index (χ1) is 9.66. The smallest absolute Gasteiger partial charge is 0.317 e. The Morgan fingerprint density at radius 2 is 1.90 bits per heavy atom. The second-order valence-corrected chi connectivity index (χ2v) is 6.63. The van der Waals surface area contributed by atoms with Crippen LogP contribution in [0.15, 0.2) is 0 Å². The number of carbonyl (C=O) groups excluding carboxylic acids is 1. The van der Waals surface area contributed by atoms with Gasteiger partial charge < -0.3 is 15.0 Å². The number of amides is 2. The summed E-state index contributed by atoms with van der Waals surface area (Å²) in [5.74, 6) is 1.65. The van der Waals surface area contributed by atoms with Gasteiger partial charge in [0, 0.05) is 32.8 Å². The van der Waals surface area contributed by atoms with Crippen molar-refractivity contribution in [2.24, 2.45) is 11.8 Å². The maximum atomic E-state index is 12.0. The van der Waals surface area contributed by atoms with Crippen LogP contribution in [0.4, 0.5) is 4.79 Å². The molecule has 0 spiro atoms. The molecule has 0 aromatic heterocycles. The molecule has 0 radical (unpaired) electrons. The van der Waals surface area contributed by atoms with Crippen molar-refractivity contribution in [3.63, 3.8) is 0 Å². The van der Waals surface area contributed by atoms with E-state index < -0.39 is 0 Å². The number of hydrogen-bond acceptors (Lipinski definition) is 2. The Bertz CT molecular complexity index is 297. The predicted molar refractivity (Wildman–Crippen MR) is 80.7 cm³/mol. The maximum absolute atomic E-state index is 12.0. The fourth-order valence-corrected chi connectivity index (χ4v) is 2.82. The van der Waals surface area contributed by atoms with Crippen LogP contribution in [0.5, 0.6) is 0 Å². The Kier molecular flexibility index (Phi) is 6.14. The van der Waals surface area contributed by atoms with Gasteiger partial charge in [-0.25, -0.2) is 4.79 Å². The molecule has 0 aromatic carbocycles. The van der Waals surface area contributed by atoms with E-state index in [4.69, 9.17) is 4.74 Å². The van der Waals surface area contributed by atoms with Crippen molar-refractivity contribution < 1.29 is 9.53 Å². The van der Waals surface area contributed by atoms with Gasteiger partial charge in [0.15, 0.2) is 0 Å². The molecule has 2 aliphatic rings. The first-order valence-corrected chi connectivity index (χ1v) is 8.25. The standard InChI is InChI=1S/C16H30N2O2/c1-13-4-8-15(9-5-13)18(2)16(19)17-10-3-11-20-12-14-6-7-14/h13-15H,3-12H2,1-2H3,(H,17,19). The van der Waals surface area contributed by atoms with Crippen molar-refractivity contribution in [3.05, 3.63) is 0 Å². The average Bonchev–Trinajstić information content (AvgIpc) is 3.26. The zero-order valence-corrected chi connectivity index (χ0v) is 13.1. The molecule has 0 atom stereocenters. The molecule has 0 aromatic rings. The zero-order valence-electron chi connectivity index (χ0n) is 13.1. The number of hydrogen-bond donors (Lipinski definition) is 1. The van der Waals surface area contributed by atoms with E-state index in [1.165, 1.54) is 25.7 Å². The molecule has 2 rings (SSSR count). The van der Waals surface area contributed by atoms with Gasteiger partial charge in [-0.05, 0) is 56.8 Å². The highest BCUT2D eigenvalue weighted by atomic mass is 16.5. The van der Waals surface area contributed by atoms with Crippen LogP contribution in [-0.2, 0) is 4.74 Å². The van der Waals surface area contributed by atoms with Crippen molar-refractivity contribution in [1.82, 2.24) is 10.2 Å². The number of ether oxygens (including phenoxy) is 1. The Morgan fingerprint density at radius 1 is 1.20 bits per heavy atom. The molecule has 0 unspecified atom stereocenters. The molecule has 4 heteroatoms. The molecule has 2 fully saturated rings. The van der Waals surface area contributed by atoms with Gasteiger partial charge in [0.25, 0.3) is 0 Å². The molecule has 0 saturated heterocycles. The summed E-state index contributed by atoms with van der Waals surface area (Å²) in [6, 6.07) is 0.504. The van der Waals surface area contributed by atoms with E-state index in [0.29, 0.717) is 6.04 Å². The van der Waals surface area contributed by atoms with Gasteiger partial charge in [-0.3, -0.25) is 0 Å². The Labute approximate surface area is 123 Å². The highest BCUT2D eigenvalue weighted by Gasteiger charge is 2.24. The van der Waals surface area contributed by atoms with E-state index in [0.717, 1.165) is 50.9 Å². The summed E-state index contributed by atoms with van der Waals surface area (Å²) >= 11 is 0. The van der Waals surface area contributed by atoms with Crippen LogP contribution >= 0.6 is 0 Å². The quantitative estimate of drug-likeness (QED) is 0.729. The third-order valence-electron chi connectivity index (χ3n) is 4.65. The molecule has 0 aliphatic heterocycles. The van der Waals surface area contributed by atoms with Crippen LogP contribution in [-0.4, -0.2) is 43.8 Å². The Hall–Kier alpha value is -0.770. The van der Waals surface area contributed by atoms with E-state index >= 15 is 0 Å². The first kappa shape index (κ1) is 15.6. The van der Waals surface area contributed by atoms with Gasteiger partial charge in [-0.15, -0.1) is 0 Å². The van der Waals surface area contributed by atoms with E-state index in [1.54, 1.807) is 0 Å². The minimum Gasteiger partial charge on any atom is -0.381 e. The van der Waals surface area contributed by atoms with E-state index in [-0.39, 0.29) is 6.03 Å². The number of carbonyl (C=O) groups is 1. The van der Waals surface area contributed by atoms with Crippen LogP contribution in [0, 0.1) is 11.8 Å². The van der Waals surface area contributed by atoms with Gasteiger partial charge in [-0.2, -0.15) is 0 Å². The van der Waals surface area contributed by atoms with Crippen LogP contribution < -0.4 is 5.32 Å². The lowest BCUT2D eigenvalue weighted by atomic mass is 9.87. The summed E-state index contributed by atoms with van der Waals surface area (Å²) < 4.78 is 5.56. The zero-order chi connectivity index (χ0) is 14.4. The van der Waals surface area contributed by atoms with Crippen molar-refractivity contribution in [2.45, 2.75) is 57.9 Å². The van der Waals surface area contributed by atoms with Gasteiger partial charge in [0.05, 0.1) is 0 Å². The summed E-state index contributed by atoms with van der Waals surface area (Å²) in [4.78, 5) is 13.9. The summed E-state index contributed by atoms with van der Waals surface area (Å²) in [5, 5.41) is 3.00. The minimum atomic E-state index is 0.0757. The highest BCUT2D eigenvalue weighted by molar-refractivity contribution is 5.74. The molecule has 1 N–H and O–H groups in total. The fourth-order valence-electron chi connectivity index (χ4n) is 2.82. The maximum Gasteiger partial charge on any atom is 0.317 e. The molecule has 2 amide bonds. The van der Waals surface area contributed by atoms with Crippen LogP contribution in [0.1, 0.15) is 51.9 Å². The van der Waals surface area contributed by atoms with Gasteiger partial charge in [-0.1, -0.05) is 6.92 Å². The lowest BCUT2D eigenvalue weighted by molar-refractivity contribution is 0.121. The molecular formula is C16H30N2O2. The summed E-state index contributed by atoms with van der Waals surface area (Å²) in [6.07, 6.45) is 8.37. The Balaban J connectivity index is 1.51. The minimum absolute atomic E-state index is 0.0757. The summed E-state index contributed by atoms with van der Waals surface area (Å²) in [5.41, 5.74) is 0. The van der Waals surface area contributed by atoms with Crippen molar-refractivity contribution in [3.8, 4) is 0 Å². The lowest BCUT2D eigenvalue weighted by Crippen LogP contribution is -2.45. The van der Waals surface area contributed by atoms with Gasteiger partial charge in [0.2, 0.25) is 0 Å². The van der Waals surface area contributed by atoms with Crippen LogP contribution in [0.3, 0.4) is 0 Å². The number of urea groups is 1. The number of nitrogens with zero attached hydrogens (tertiary/aromatic N) is 1. The summed E-state index contributed by atoms with van der Waals surface area (Å²) in [6.45, 7) is 4.70. The molecule has 2 aliphatic carbocycles. The largest absolute Gasteiger partial charge is 0.381 e. The number of rotatable bonds is 7. The second kappa shape index (κ2) is 7.87. The highest BCUT2D eigenvalue weighted by Crippen LogP contribution is 2.28. The molecule has 2 saturated carbocycles. The molecule has 4 nitrogen and oxygen atoms in total. The first-order valence-electron chi connectivity index (χ1n) is 8.25. The normalized spacial score (nSPS) is 26.3. The predicted octanol–water partition coefficient (Wildman–Crippen LogP) is 3.02. The SMILES string of the molecule is CC1CCC(N(C)C(=O)NCCCOCC2CC2)CC1. The van der Waals surface area contributed by atoms with Gasteiger partial charge in [0.1, 0.15) is 0 Å². The van der Waals surface area contributed by atoms with Crippen molar-refractivity contribution in [2.75, 3.05) is 26.8 Å².